The lowest BCUT2D eigenvalue weighted by Gasteiger charge is -2.26. The topological polar surface area (TPSA) is 85.3 Å². The number of ketones is 1. The molecule has 1 amide bonds. The maximum Gasteiger partial charge on any atom is 0.300 e. The Morgan fingerprint density at radius 1 is 1.00 bits per heavy atom. The standard InChI is InChI=1S/C30H31NO6/c1-6-36-25-17-21(12-15-24(25)35-5)27-26(28(32)20-10-13-23(14-11-20)37-18(2)3)29(33)30(34)31(27)22-9-7-8-19(4)16-22/h7-18,27,32H,6H2,1-5H3/b28-26-. The molecule has 3 aromatic carbocycles. The number of rotatable bonds is 8. The van der Waals surface area contributed by atoms with Crippen LogP contribution in [0.1, 0.15) is 43.5 Å². The van der Waals surface area contributed by atoms with E-state index in [-0.39, 0.29) is 17.4 Å². The van der Waals surface area contributed by atoms with Gasteiger partial charge in [-0.05, 0) is 87.4 Å². The van der Waals surface area contributed by atoms with Crippen LogP contribution in [-0.2, 0) is 9.59 Å². The average molecular weight is 502 g/mol. The van der Waals surface area contributed by atoms with Crippen LogP contribution < -0.4 is 19.1 Å². The summed E-state index contributed by atoms with van der Waals surface area (Å²) in [7, 11) is 1.54. The predicted octanol–water partition coefficient (Wildman–Crippen LogP) is 5.82. The zero-order chi connectivity index (χ0) is 26.7. The zero-order valence-electron chi connectivity index (χ0n) is 21.6. The molecule has 0 bridgehead atoms. The number of amides is 1. The van der Waals surface area contributed by atoms with Crippen molar-refractivity contribution in [3.8, 4) is 17.2 Å². The number of methoxy groups -OCH3 is 1. The second kappa shape index (κ2) is 10.8. The van der Waals surface area contributed by atoms with E-state index in [0.717, 1.165) is 5.56 Å². The lowest BCUT2D eigenvalue weighted by atomic mass is 9.94. The monoisotopic (exact) mass is 501 g/mol. The first kappa shape index (κ1) is 25.8. The Balaban J connectivity index is 1.90. The number of carbonyl (C=O) groups excluding carboxylic acids is 2. The molecule has 1 heterocycles. The van der Waals surface area contributed by atoms with Gasteiger partial charge in [0.1, 0.15) is 11.5 Å². The molecule has 1 unspecified atom stereocenters. The van der Waals surface area contributed by atoms with Crippen molar-refractivity contribution < 1.29 is 28.9 Å². The molecule has 0 aliphatic carbocycles. The molecule has 0 aromatic heterocycles. The van der Waals surface area contributed by atoms with E-state index in [1.54, 1.807) is 55.6 Å². The van der Waals surface area contributed by atoms with Crippen LogP contribution in [0.15, 0.2) is 72.3 Å². The minimum atomic E-state index is -0.876. The second-order valence-corrected chi connectivity index (χ2v) is 9.04. The van der Waals surface area contributed by atoms with E-state index in [4.69, 9.17) is 14.2 Å². The number of hydrogen-bond donors (Lipinski definition) is 1. The third-order valence-electron chi connectivity index (χ3n) is 6.03. The Labute approximate surface area is 216 Å². The Morgan fingerprint density at radius 3 is 2.35 bits per heavy atom. The van der Waals surface area contributed by atoms with Crippen LogP contribution in [-0.4, -0.2) is 36.6 Å². The maximum atomic E-state index is 13.4. The summed E-state index contributed by atoms with van der Waals surface area (Å²) in [4.78, 5) is 28.3. The molecule has 1 atom stereocenters. The third-order valence-corrected chi connectivity index (χ3v) is 6.03. The number of anilines is 1. The first-order valence-electron chi connectivity index (χ1n) is 12.2. The fourth-order valence-corrected chi connectivity index (χ4v) is 4.44. The van der Waals surface area contributed by atoms with Gasteiger partial charge >= 0.3 is 0 Å². The molecule has 37 heavy (non-hydrogen) atoms. The number of aliphatic hydroxyl groups is 1. The van der Waals surface area contributed by atoms with Gasteiger partial charge in [-0.3, -0.25) is 14.5 Å². The summed E-state index contributed by atoms with van der Waals surface area (Å²) in [6.07, 6.45) is -0.00583. The summed E-state index contributed by atoms with van der Waals surface area (Å²) >= 11 is 0. The van der Waals surface area contributed by atoms with E-state index in [2.05, 4.69) is 0 Å². The van der Waals surface area contributed by atoms with Crippen LogP contribution in [0.25, 0.3) is 5.76 Å². The van der Waals surface area contributed by atoms with Crippen molar-refractivity contribution in [2.45, 2.75) is 39.8 Å². The van der Waals surface area contributed by atoms with Gasteiger partial charge in [0.15, 0.2) is 11.5 Å². The summed E-state index contributed by atoms with van der Waals surface area (Å²) < 4.78 is 16.9. The molecule has 1 N–H and O–H groups in total. The molecule has 7 nitrogen and oxygen atoms in total. The number of aryl methyl sites for hydroxylation is 1. The lowest BCUT2D eigenvalue weighted by molar-refractivity contribution is -0.132. The highest BCUT2D eigenvalue weighted by molar-refractivity contribution is 6.51. The van der Waals surface area contributed by atoms with Crippen LogP contribution in [0, 0.1) is 6.92 Å². The molecular weight excluding hydrogens is 470 g/mol. The van der Waals surface area contributed by atoms with Gasteiger partial charge in [-0.2, -0.15) is 0 Å². The summed E-state index contributed by atoms with van der Waals surface area (Å²) in [6, 6.07) is 18.5. The molecule has 1 saturated heterocycles. The van der Waals surface area contributed by atoms with Gasteiger partial charge < -0.3 is 19.3 Å². The largest absolute Gasteiger partial charge is 0.507 e. The molecule has 192 valence electrons. The van der Waals surface area contributed by atoms with Crippen molar-refractivity contribution >= 4 is 23.1 Å². The fourth-order valence-electron chi connectivity index (χ4n) is 4.44. The number of Topliss-reactive ketones (excluding diaryl/α,β-unsaturated/α-hetero) is 1. The van der Waals surface area contributed by atoms with E-state index >= 15 is 0 Å². The van der Waals surface area contributed by atoms with Crippen molar-refractivity contribution in [1.82, 2.24) is 0 Å². The van der Waals surface area contributed by atoms with Crippen LogP contribution >= 0.6 is 0 Å². The molecule has 0 saturated carbocycles. The van der Waals surface area contributed by atoms with E-state index in [1.165, 1.54) is 4.90 Å². The highest BCUT2D eigenvalue weighted by atomic mass is 16.5. The van der Waals surface area contributed by atoms with Crippen molar-refractivity contribution in [2.24, 2.45) is 0 Å². The smallest absolute Gasteiger partial charge is 0.300 e. The minimum absolute atomic E-state index is 0.00310. The van der Waals surface area contributed by atoms with Crippen LogP contribution in [0.5, 0.6) is 17.2 Å². The summed E-state index contributed by atoms with van der Waals surface area (Å²) in [5.74, 6) is -0.0967. The predicted molar refractivity (Wildman–Crippen MR) is 142 cm³/mol. The molecule has 1 aliphatic heterocycles. The van der Waals surface area contributed by atoms with E-state index in [9.17, 15) is 14.7 Å². The number of carbonyl (C=O) groups is 2. The van der Waals surface area contributed by atoms with Gasteiger partial charge in [-0.1, -0.05) is 18.2 Å². The van der Waals surface area contributed by atoms with Gasteiger partial charge in [0.25, 0.3) is 11.7 Å². The highest BCUT2D eigenvalue weighted by Gasteiger charge is 2.47. The lowest BCUT2D eigenvalue weighted by Crippen LogP contribution is -2.29. The van der Waals surface area contributed by atoms with Crippen molar-refractivity contribution in [1.29, 1.82) is 0 Å². The van der Waals surface area contributed by atoms with Crippen LogP contribution in [0.4, 0.5) is 5.69 Å². The van der Waals surface area contributed by atoms with Crippen molar-refractivity contribution in [3.05, 3.63) is 89.0 Å². The van der Waals surface area contributed by atoms with Crippen molar-refractivity contribution in [3.63, 3.8) is 0 Å². The average Bonchev–Trinajstić information content (AvgIpc) is 3.14. The Morgan fingerprint density at radius 2 is 1.73 bits per heavy atom. The molecule has 1 aliphatic rings. The number of hydrogen-bond acceptors (Lipinski definition) is 6. The second-order valence-electron chi connectivity index (χ2n) is 9.04. The zero-order valence-corrected chi connectivity index (χ0v) is 21.6. The normalized spacial score (nSPS) is 16.8. The van der Waals surface area contributed by atoms with Gasteiger partial charge in [0, 0.05) is 11.3 Å². The highest BCUT2D eigenvalue weighted by Crippen LogP contribution is 2.44. The van der Waals surface area contributed by atoms with Crippen LogP contribution in [0.2, 0.25) is 0 Å². The molecule has 1 fully saturated rings. The van der Waals surface area contributed by atoms with Gasteiger partial charge in [-0.15, -0.1) is 0 Å². The SMILES string of the molecule is CCOc1cc(C2/C(=C(/O)c3ccc(OC(C)C)cc3)C(=O)C(=O)N2c2cccc(C)c2)ccc1OC. The molecule has 3 aromatic rings. The van der Waals surface area contributed by atoms with Crippen LogP contribution in [0.3, 0.4) is 0 Å². The molecule has 4 rings (SSSR count). The number of aliphatic hydroxyl groups excluding tert-OH is 1. The summed E-state index contributed by atoms with van der Waals surface area (Å²) in [5, 5.41) is 11.4. The Hall–Kier alpha value is -4.26. The number of benzene rings is 3. The maximum absolute atomic E-state index is 13.4. The number of nitrogens with zero attached hydrogens (tertiary/aromatic N) is 1. The molecule has 0 spiro atoms. The van der Waals surface area contributed by atoms with E-state index in [0.29, 0.717) is 40.7 Å². The van der Waals surface area contributed by atoms with Gasteiger partial charge in [-0.25, -0.2) is 0 Å². The first-order chi connectivity index (χ1) is 17.7. The van der Waals surface area contributed by atoms with Gasteiger partial charge in [0.05, 0.1) is 31.4 Å². The third kappa shape index (κ3) is 5.16. The first-order valence-corrected chi connectivity index (χ1v) is 12.2. The molecule has 7 heteroatoms. The Bertz CT molecular complexity index is 1340. The van der Waals surface area contributed by atoms with Crippen molar-refractivity contribution in [2.75, 3.05) is 18.6 Å². The minimum Gasteiger partial charge on any atom is -0.507 e. The van der Waals surface area contributed by atoms with E-state index < -0.39 is 17.7 Å². The van der Waals surface area contributed by atoms with Gasteiger partial charge in [0.2, 0.25) is 0 Å². The van der Waals surface area contributed by atoms with E-state index in [1.807, 2.05) is 45.9 Å². The summed E-state index contributed by atoms with van der Waals surface area (Å²) in [6.45, 7) is 8.02. The fraction of sp³-hybridized carbons (Fsp3) is 0.267. The molecular formula is C30H31NO6. The Kier molecular flexibility index (Phi) is 7.53. The number of ether oxygens (including phenoxy) is 3. The summed E-state index contributed by atoms with van der Waals surface area (Å²) in [5.41, 5.74) is 2.49. The molecule has 0 radical (unpaired) electrons. The quantitative estimate of drug-likeness (QED) is 0.238.